The van der Waals surface area contributed by atoms with Crippen molar-refractivity contribution >= 4 is 60.7 Å². The van der Waals surface area contributed by atoms with Crippen LogP contribution < -0.4 is 9.64 Å². The van der Waals surface area contributed by atoms with Crippen LogP contribution in [-0.4, -0.2) is 16.2 Å². The van der Waals surface area contributed by atoms with E-state index in [1.54, 1.807) is 7.11 Å². The van der Waals surface area contributed by atoms with E-state index < -0.39 is 0 Å². The average molecular weight is 758 g/mol. The minimum Gasteiger partial charge on any atom is -0.497 e. The molecule has 0 fully saturated rings. The van der Waals surface area contributed by atoms with Gasteiger partial charge in [-0.2, -0.15) is 0 Å². The van der Waals surface area contributed by atoms with Crippen molar-refractivity contribution in [3.63, 3.8) is 0 Å². The Bertz CT molecular complexity index is 3070. The van der Waals surface area contributed by atoms with Crippen molar-refractivity contribution in [2.45, 2.75) is 0 Å². The molecular formula is C55H39N3O. The van der Waals surface area contributed by atoms with Gasteiger partial charge in [0.2, 0.25) is 0 Å². The van der Waals surface area contributed by atoms with Gasteiger partial charge >= 0.3 is 0 Å². The van der Waals surface area contributed by atoms with E-state index in [2.05, 4.69) is 232 Å². The van der Waals surface area contributed by atoms with Gasteiger partial charge in [0.15, 0.2) is 0 Å². The van der Waals surface area contributed by atoms with E-state index in [0.29, 0.717) is 0 Å². The summed E-state index contributed by atoms with van der Waals surface area (Å²) < 4.78 is 10.5. The lowest BCUT2D eigenvalue weighted by atomic mass is 10.0. The first-order valence-corrected chi connectivity index (χ1v) is 20.1. The lowest BCUT2D eigenvalue weighted by Crippen LogP contribution is -2.11. The van der Waals surface area contributed by atoms with Gasteiger partial charge in [-0.05, 0) is 107 Å². The van der Waals surface area contributed by atoms with Crippen molar-refractivity contribution in [1.29, 1.82) is 0 Å². The largest absolute Gasteiger partial charge is 0.497 e. The van der Waals surface area contributed by atoms with E-state index >= 15 is 0 Å². The number of fused-ring (bicyclic) bond motifs is 6. The highest BCUT2D eigenvalue weighted by molar-refractivity contribution is 6.20. The lowest BCUT2D eigenvalue weighted by Gasteiger charge is -2.27. The van der Waals surface area contributed by atoms with E-state index in [1.807, 2.05) is 0 Å². The molecule has 11 rings (SSSR count). The monoisotopic (exact) mass is 757 g/mol. The zero-order valence-corrected chi connectivity index (χ0v) is 32.5. The van der Waals surface area contributed by atoms with E-state index in [9.17, 15) is 0 Å². The molecule has 2 aromatic heterocycles. The van der Waals surface area contributed by atoms with E-state index in [1.165, 1.54) is 43.8 Å². The Hall–Kier alpha value is -7.82. The number of para-hydroxylation sites is 2. The number of hydrogen-bond donors (Lipinski definition) is 0. The van der Waals surface area contributed by atoms with Crippen molar-refractivity contribution in [2.75, 3.05) is 12.0 Å². The molecule has 11 aromatic rings. The molecule has 4 heteroatoms. The van der Waals surface area contributed by atoms with Gasteiger partial charge < -0.3 is 18.8 Å². The van der Waals surface area contributed by atoms with Gasteiger partial charge in [0.1, 0.15) is 5.75 Å². The Labute approximate surface area is 343 Å². The van der Waals surface area contributed by atoms with Gasteiger partial charge in [0.05, 0.1) is 40.6 Å². The quantitative estimate of drug-likeness (QED) is 0.154. The first-order chi connectivity index (χ1) is 29.2. The van der Waals surface area contributed by atoms with Crippen molar-refractivity contribution in [2.24, 2.45) is 0 Å². The second kappa shape index (κ2) is 14.3. The van der Waals surface area contributed by atoms with Gasteiger partial charge in [-0.3, -0.25) is 0 Å². The van der Waals surface area contributed by atoms with Crippen LogP contribution in [-0.2, 0) is 0 Å². The second-order valence-electron chi connectivity index (χ2n) is 14.9. The van der Waals surface area contributed by atoms with Gasteiger partial charge in [0.25, 0.3) is 0 Å². The number of rotatable bonds is 8. The number of methoxy groups -OCH3 is 1. The molecule has 0 aliphatic carbocycles. The zero-order chi connectivity index (χ0) is 39.3. The van der Waals surface area contributed by atoms with Crippen LogP contribution in [0, 0.1) is 0 Å². The summed E-state index contributed by atoms with van der Waals surface area (Å²) in [6.45, 7) is 0. The summed E-state index contributed by atoms with van der Waals surface area (Å²) in [5.74, 6) is 0.816. The van der Waals surface area contributed by atoms with Crippen LogP contribution in [0.1, 0.15) is 0 Å². The Morgan fingerprint density at radius 1 is 0.339 bits per heavy atom. The summed E-state index contributed by atoms with van der Waals surface area (Å²) in [6.07, 6.45) is 0. The Balaban J connectivity index is 1.15. The number of anilines is 3. The number of benzene rings is 9. The molecule has 280 valence electrons. The maximum Gasteiger partial charge on any atom is 0.119 e. The molecule has 0 unspecified atom stereocenters. The third kappa shape index (κ3) is 5.76. The van der Waals surface area contributed by atoms with Crippen LogP contribution in [0.5, 0.6) is 5.75 Å². The predicted molar refractivity (Wildman–Crippen MR) is 247 cm³/mol. The highest BCUT2D eigenvalue weighted by atomic mass is 16.5. The molecule has 0 spiro atoms. The third-order valence-electron chi connectivity index (χ3n) is 11.6. The van der Waals surface area contributed by atoms with Gasteiger partial charge in [-0.25, -0.2) is 0 Å². The maximum absolute atomic E-state index is 5.67. The molecule has 0 saturated heterocycles. The van der Waals surface area contributed by atoms with Crippen LogP contribution in [0.15, 0.2) is 218 Å². The summed E-state index contributed by atoms with van der Waals surface area (Å²) in [7, 11) is 1.72. The molecule has 4 nitrogen and oxygen atoms in total. The van der Waals surface area contributed by atoms with Crippen molar-refractivity contribution in [1.82, 2.24) is 9.13 Å². The predicted octanol–water partition coefficient (Wildman–Crippen LogP) is 14.7. The number of ether oxygens (including phenoxy) is 1. The first kappa shape index (κ1) is 34.4. The molecule has 0 N–H and O–H groups in total. The molecule has 0 atom stereocenters. The summed E-state index contributed by atoms with van der Waals surface area (Å²) in [6, 6.07) is 78.4. The fourth-order valence-electron chi connectivity index (χ4n) is 8.94. The Morgan fingerprint density at radius 3 is 1.17 bits per heavy atom. The molecule has 2 heterocycles. The van der Waals surface area contributed by atoms with E-state index in [4.69, 9.17) is 4.74 Å². The Morgan fingerprint density at radius 2 is 0.729 bits per heavy atom. The van der Waals surface area contributed by atoms with Gasteiger partial charge in [0, 0.05) is 38.6 Å². The van der Waals surface area contributed by atoms with Crippen LogP contribution in [0.3, 0.4) is 0 Å². The Kier molecular flexibility index (Phi) is 8.34. The van der Waals surface area contributed by atoms with Crippen LogP contribution >= 0.6 is 0 Å². The van der Waals surface area contributed by atoms with Crippen LogP contribution in [0.2, 0.25) is 0 Å². The molecule has 9 aromatic carbocycles. The van der Waals surface area contributed by atoms with E-state index in [0.717, 1.165) is 56.3 Å². The molecule has 0 aliphatic rings. The molecule has 0 amide bonds. The lowest BCUT2D eigenvalue weighted by molar-refractivity contribution is 0.415. The molecule has 0 saturated carbocycles. The molecule has 0 radical (unpaired) electrons. The second-order valence-corrected chi connectivity index (χ2v) is 14.9. The van der Waals surface area contributed by atoms with Crippen molar-refractivity contribution in [3.05, 3.63) is 218 Å². The third-order valence-corrected chi connectivity index (χ3v) is 11.6. The normalized spacial score (nSPS) is 11.5. The zero-order valence-electron chi connectivity index (χ0n) is 32.5. The van der Waals surface area contributed by atoms with Gasteiger partial charge in [-0.15, -0.1) is 0 Å². The molecule has 0 bridgehead atoms. The molecule has 59 heavy (non-hydrogen) atoms. The summed E-state index contributed by atoms with van der Waals surface area (Å²) in [5.41, 5.74) is 14.9. The van der Waals surface area contributed by atoms with Crippen LogP contribution in [0.4, 0.5) is 17.1 Å². The average Bonchev–Trinajstić information content (AvgIpc) is 3.84. The van der Waals surface area contributed by atoms with Crippen molar-refractivity contribution in [3.8, 4) is 39.4 Å². The van der Waals surface area contributed by atoms with Crippen molar-refractivity contribution < 1.29 is 4.74 Å². The summed E-state index contributed by atoms with van der Waals surface area (Å²) in [5, 5.41) is 4.75. The van der Waals surface area contributed by atoms with E-state index in [-0.39, 0.29) is 0 Å². The highest BCUT2D eigenvalue weighted by Gasteiger charge is 2.25. The standard InChI is InChI=1S/C55H39N3O/c1-59-45-36-34-44(35-37-45)58(52-24-12-22-50-54(52)46-18-8-10-20-48(46)56(50)42-30-26-40(27-31-42)38-14-4-2-5-15-38)53-25-13-23-51-55(53)47-19-9-11-21-49(47)57(51)43-32-28-41(29-33-43)39-16-6-3-7-17-39/h2-37H,1H3. The minimum atomic E-state index is 0.816. The number of hydrogen-bond acceptors (Lipinski definition) is 2. The number of aromatic nitrogens is 2. The summed E-state index contributed by atoms with van der Waals surface area (Å²) in [4.78, 5) is 2.44. The fourth-order valence-corrected chi connectivity index (χ4v) is 8.94. The molecule has 0 aliphatic heterocycles. The molecular weight excluding hydrogens is 719 g/mol. The summed E-state index contributed by atoms with van der Waals surface area (Å²) >= 11 is 0. The number of nitrogens with zero attached hydrogens (tertiary/aromatic N) is 3. The smallest absolute Gasteiger partial charge is 0.119 e. The first-order valence-electron chi connectivity index (χ1n) is 20.1. The fraction of sp³-hybridized carbons (Fsp3) is 0.0182. The maximum atomic E-state index is 5.67. The topological polar surface area (TPSA) is 22.3 Å². The van der Waals surface area contributed by atoms with Gasteiger partial charge in [-0.1, -0.05) is 133 Å². The minimum absolute atomic E-state index is 0.816. The SMILES string of the molecule is COc1ccc(N(c2cccc3c2c2ccccc2n3-c2ccc(-c3ccccc3)cc2)c2cccc3c2c2ccccc2n3-c2ccc(-c3ccccc3)cc2)cc1. The highest BCUT2D eigenvalue weighted by Crippen LogP contribution is 2.48. The van der Waals surface area contributed by atoms with Crippen LogP contribution in [0.25, 0.3) is 77.2 Å².